The van der Waals surface area contributed by atoms with Crippen LogP contribution in [0.25, 0.3) is 0 Å². The molecule has 0 fully saturated rings. The van der Waals surface area contributed by atoms with E-state index in [9.17, 15) is 0 Å². The van der Waals surface area contributed by atoms with Crippen LogP contribution in [0.5, 0.6) is 0 Å². The van der Waals surface area contributed by atoms with Crippen molar-refractivity contribution in [3.63, 3.8) is 0 Å². The van der Waals surface area contributed by atoms with Crippen LogP contribution >= 0.6 is 0 Å². The summed E-state index contributed by atoms with van der Waals surface area (Å²) in [6, 6.07) is 11.2. The summed E-state index contributed by atoms with van der Waals surface area (Å²) in [7, 11) is 0. The molecule has 0 saturated heterocycles. The average molecular weight is 465 g/mol. The maximum Gasteiger partial charge on any atom is 2.00 e. The molecule has 1 heterocycles. The van der Waals surface area contributed by atoms with Gasteiger partial charge in [-0.1, -0.05) is 55.4 Å². The van der Waals surface area contributed by atoms with Gasteiger partial charge in [0.05, 0.1) is 12.4 Å². The van der Waals surface area contributed by atoms with E-state index in [4.69, 9.17) is 0 Å². The molecule has 0 spiro atoms. The van der Waals surface area contributed by atoms with Crippen LogP contribution in [0.2, 0.25) is 0 Å². The van der Waals surface area contributed by atoms with Crippen molar-refractivity contribution >= 4 is 0 Å². The number of hydrogen-bond acceptors (Lipinski definition) is 0. The Morgan fingerprint density at radius 1 is 0.963 bits per heavy atom. The summed E-state index contributed by atoms with van der Waals surface area (Å²) in [5.41, 5.74) is 2.55. The monoisotopic (exact) mass is 464 g/mol. The Morgan fingerprint density at radius 2 is 1.59 bits per heavy atom. The maximum absolute atomic E-state index is 2.24. The van der Waals surface area contributed by atoms with E-state index >= 15 is 0 Å². The van der Waals surface area contributed by atoms with Gasteiger partial charge in [0.25, 0.3) is 6.33 Å². The van der Waals surface area contributed by atoms with E-state index in [1.807, 2.05) is 30.3 Å². The quantitative estimate of drug-likeness (QED) is 0.364. The first-order valence-electron chi connectivity index (χ1n) is 8.93. The second-order valence-electron chi connectivity index (χ2n) is 6.09. The molecule has 2 aliphatic carbocycles. The van der Waals surface area contributed by atoms with Gasteiger partial charge in [-0.2, -0.15) is 18.2 Å². The van der Waals surface area contributed by atoms with Crippen LogP contribution in [0.15, 0.2) is 109 Å². The predicted molar refractivity (Wildman–Crippen MR) is 102 cm³/mol. The summed E-state index contributed by atoms with van der Waals surface area (Å²) < 4.78 is 4.42. The summed E-state index contributed by atoms with van der Waals surface area (Å²) in [6.07, 6.45) is 26.0. The first-order chi connectivity index (χ1) is 12.4. The third kappa shape index (κ3) is 6.99. The largest absolute Gasteiger partial charge is 2.00 e. The molecule has 1 aromatic carbocycles. The fourth-order valence-corrected chi connectivity index (χ4v) is 2.73. The molecule has 0 radical (unpaired) electrons. The van der Waals surface area contributed by atoms with Crippen molar-refractivity contribution in [2.75, 3.05) is 0 Å². The molecule has 2 aromatic rings. The zero-order valence-electron chi connectivity index (χ0n) is 15.5. The minimum atomic E-state index is 0. The van der Waals surface area contributed by atoms with Gasteiger partial charge in [-0.25, -0.2) is 12.1 Å². The van der Waals surface area contributed by atoms with E-state index in [2.05, 4.69) is 83.4 Å². The number of halogens is 1. The van der Waals surface area contributed by atoms with Crippen LogP contribution in [0.3, 0.4) is 0 Å². The van der Waals surface area contributed by atoms with Crippen LogP contribution in [0.1, 0.15) is 19.8 Å². The van der Waals surface area contributed by atoms with E-state index in [-0.39, 0.29) is 34.1 Å². The molecule has 4 rings (SSSR count). The van der Waals surface area contributed by atoms with E-state index < -0.39 is 0 Å². The van der Waals surface area contributed by atoms with Gasteiger partial charge < -0.3 is 21.5 Å². The molecule has 0 aliphatic heterocycles. The Kier molecular flexibility index (Phi) is 10.7. The molecule has 0 unspecified atom stereocenters. The van der Waals surface area contributed by atoms with Gasteiger partial charge in [-0.15, -0.1) is 12.2 Å². The summed E-state index contributed by atoms with van der Waals surface area (Å²) in [5.74, 6) is 0. The Bertz CT molecular complexity index is 760. The molecule has 0 bridgehead atoms. The predicted octanol–water partition coefficient (Wildman–Crippen LogP) is 1.12. The third-order valence-corrected chi connectivity index (χ3v) is 4.18. The van der Waals surface area contributed by atoms with Crippen molar-refractivity contribution in [1.82, 2.24) is 0 Å². The Balaban J connectivity index is 0.000000455. The van der Waals surface area contributed by atoms with Gasteiger partial charge in [0, 0.05) is 6.42 Å². The molecule has 27 heavy (non-hydrogen) atoms. The molecule has 2 aliphatic rings. The molecular formula is C23H25BrFeN2. The van der Waals surface area contributed by atoms with Crippen LogP contribution in [0.4, 0.5) is 0 Å². The minimum absolute atomic E-state index is 0. The number of nitrogens with zero attached hydrogens (tertiary/aromatic N) is 2. The van der Waals surface area contributed by atoms with E-state index in [1.165, 1.54) is 30.0 Å². The average Bonchev–Trinajstić information content (AvgIpc) is 3.44. The normalized spacial score (nSPS) is 13.9. The standard InChI is InChI=1S/C18H20N2.C5H5.BrH.Fe/c1-2-3-12-19-13-14-20(15-19)18-10-8-17(9-11-18)16-6-4-5-7-16;1-2-4-5-3-1;;/h4-11,13-15H,2-3,12H2,1H3;1-5H;1H;/q;-1;;+2/p-1. The van der Waals surface area contributed by atoms with Crippen LogP contribution in [-0.4, -0.2) is 0 Å². The second-order valence-corrected chi connectivity index (χ2v) is 6.09. The smallest absolute Gasteiger partial charge is 1.00 e. The zero-order valence-corrected chi connectivity index (χ0v) is 18.2. The topological polar surface area (TPSA) is 7.76 Å². The Labute approximate surface area is 183 Å². The molecule has 0 amide bonds. The summed E-state index contributed by atoms with van der Waals surface area (Å²) in [5, 5.41) is 0. The number of imidazole rings is 1. The van der Waals surface area contributed by atoms with E-state index in [1.54, 1.807) is 0 Å². The summed E-state index contributed by atoms with van der Waals surface area (Å²) in [6.45, 7) is 3.31. The zero-order chi connectivity index (χ0) is 17.3. The fraction of sp³-hybridized carbons (Fsp3) is 0.174. The molecule has 2 nitrogen and oxygen atoms in total. The van der Waals surface area contributed by atoms with Crippen molar-refractivity contribution in [2.45, 2.75) is 26.3 Å². The van der Waals surface area contributed by atoms with Gasteiger partial charge in [0.15, 0.2) is 0 Å². The van der Waals surface area contributed by atoms with Gasteiger partial charge in [0.2, 0.25) is 0 Å². The SMILES string of the molecule is CCCC[n+]1c[n+]([C-]2C=CC(=C3C=CC=C3)C=C2)c[cH-]1.[Br-].[Fe+2].c1cc[cH-]c1. The number of unbranched alkanes of at least 4 members (excludes halogenated alkanes) is 1. The van der Waals surface area contributed by atoms with Gasteiger partial charge in [-0.05, 0) is 5.57 Å². The summed E-state index contributed by atoms with van der Waals surface area (Å²) in [4.78, 5) is 0. The van der Waals surface area contributed by atoms with Crippen molar-refractivity contribution in [3.05, 3.63) is 115 Å². The van der Waals surface area contributed by atoms with Crippen LogP contribution in [0, 0.1) is 6.04 Å². The first-order valence-corrected chi connectivity index (χ1v) is 8.93. The van der Waals surface area contributed by atoms with Gasteiger partial charge in [0.1, 0.15) is 12.6 Å². The number of hydrogen-bond donors (Lipinski definition) is 0. The van der Waals surface area contributed by atoms with Crippen molar-refractivity contribution < 1.29 is 43.2 Å². The number of aryl methyl sites for hydroxylation is 1. The molecule has 1 aromatic heterocycles. The molecule has 0 saturated carbocycles. The van der Waals surface area contributed by atoms with E-state index in [0.29, 0.717) is 0 Å². The summed E-state index contributed by atoms with van der Waals surface area (Å²) >= 11 is 0. The van der Waals surface area contributed by atoms with E-state index in [0.717, 1.165) is 6.54 Å². The number of rotatable bonds is 4. The number of aromatic nitrogens is 2. The molecule has 0 N–H and O–H groups in total. The molecule has 0 atom stereocenters. The second kappa shape index (κ2) is 12.5. The van der Waals surface area contributed by atoms with Crippen molar-refractivity contribution in [2.24, 2.45) is 0 Å². The van der Waals surface area contributed by atoms with Crippen LogP contribution in [-0.2, 0) is 23.6 Å². The van der Waals surface area contributed by atoms with Crippen molar-refractivity contribution in [3.8, 4) is 0 Å². The van der Waals surface area contributed by atoms with Crippen molar-refractivity contribution in [1.29, 1.82) is 0 Å². The Morgan fingerprint density at radius 3 is 2.15 bits per heavy atom. The third-order valence-electron chi connectivity index (χ3n) is 4.18. The van der Waals surface area contributed by atoms with Gasteiger partial charge >= 0.3 is 17.1 Å². The fourth-order valence-electron chi connectivity index (χ4n) is 2.73. The van der Waals surface area contributed by atoms with Crippen LogP contribution < -0.4 is 26.1 Å². The Hall–Kier alpha value is -1.87. The molecular weight excluding hydrogens is 440 g/mol. The molecule has 142 valence electrons. The minimum Gasteiger partial charge on any atom is -1.00 e. The first kappa shape index (κ1) is 23.2. The maximum atomic E-state index is 2.24. The molecule has 4 heteroatoms. The van der Waals surface area contributed by atoms with Gasteiger partial charge in [-0.3, -0.25) is 4.57 Å². The number of allylic oxidation sites excluding steroid dienone is 10.